The first-order valence-corrected chi connectivity index (χ1v) is 5.91. The maximum Gasteiger partial charge on any atom is 0.190 e. The molecular weight excluding hydrogens is 263 g/mol. The molecule has 2 aromatic rings. The second-order valence-electron chi connectivity index (χ2n) is 4.25. The minimum atomic E-state index is -0.636. The highest BCUT2D eigenvalue weighted by molar-refractivity contribution is 6.12. The summed E-state index contributed by atoms with van der Waals surface area (Å²) in [4.78, 5) is 23.8. The first-order chi connectivity index (χ1) is 9.51. The summed E-state index contributed by atoms with van der Waals surface area (Å²) in [5, 5.41) is 3.92. The highest BCUT2D eigenvalue weighted by Gasteiger charge is 2.17. The fraction of sp³-hybridized carbons (Fsp3) is 0.214. The molecule has 0 fully saturated rings. The van der Waals surface area contributed by atoms with Gasteiger partial charge in [0.25, 0.3) is 0 Å². The molecule has 0 amide bonds. The monoisotopic (exact) mass is 276 g/mol. The van der Waals surface area contributed by atoms with Gasteiger partial charge in [-0.15, -0.1) is 0 Å². The molecule has 1 aromatic carbocycles. The van der Waals surface area contributed by atoms with E-state index >= 15 is 0 Å². The Hall–Kier alpha value is -2.50. The van der Waals surface area contributed by atoms with E-state index in [0.29, 0.717) is 0 Å². The molecule has 0 aliphatic heterocycles. The number of nitrogens with zero attached hydrogens (tertiary/aromatic N) is 2. The number of aryl methyl sites for hydroxylation is 1. The van der Waals surface area contributed by atoms with Crippen molar-refractivity contribution in [1.29, 1.82) is 0 Å². The molecular formula is C14H13FN2O3. The van der Waals surface area contributed by atoms with Gasteiger partial charge in [-0.2, -0.15) is 5.10 Å². The summed E-state index contributed by atoms with van der Waals surface area (Å²) in [5.74, 6) is -1.43. The van der Waals surface area contributed by atoms with E-state index in [0.717, 1.165) is 6.07 Å². The SMILES string of the molecule is COc1ccc(C(=O)CC(=O)c2ccn(C)n2)cc1F. The fourth-order valence-corrected chi connectivity index (χ4v) is 1.74. The number of ether oxygens (including phenoxy) is 1. The van der Waals surface area contributed by atoms with Crippen LogP contribution in [0.3, 0.4) is 0 Å². The average Bonchev–Trinajstić information content (AvgIpc) is 2.85. The third-order valence-corrected chi connectivity index (χ3v) is 2.79. The number of hydrogen-bond donors (Lipinski definition) is 0. The fourth-order valence-electron chi connectivity index (χ4n) is 1.74. The molecule has 0 aliphatic rings. The zero-order valence-electron chi connectivity index (χ0n) is 11.1. The second kappa shape index (κ2) is 5.64. The van der Waals surface area contributed by atoms with Gasteiger partial charge in [0, 0.05) is 18.8 Å². The van der Waals surface area contributed by atoms with Gasteiger partial charge in [-0.05, 0) is 24.3 Å². The Labute approximate surface area is 115 Å². The first kappa shape index (κ1) is 13.9. The van der Waals surface area contributed by atoms with Crippen LogP contribution in [0.4, 0.5) is 4.39 Å². The molecule has 0 radical (unpaired) electrons. The highest BCUT2D eigenvalue weighted by Crippen LogP contribution is 2.19. The molecule has 20 heavy (non-hydrogen) atoms. The lowest BCUT2D eigenvalue weighted by atomic mass is 10.0. The quantitative estimate of drug-likeness (QED) is 0.619. The van der Waals surface area contributed by atoms with Crippen LogP contribution in [0.1, 0.15) is 27.3 Å². The summed E-state index contributed by atoms with van der Waals surface area (Å²) in [7, 11) is 3.02. The van der Waals surface area contributed by atoms with E-state index in [4.69, 9.17) is 4.74 Å². The Kier molecular flexibility index (Phi) is 3.93. The third-order valence-electron chi connectivity index (χ3n) is 2.79. The summed E-state index contributed by atoms with van der Waals surface area (Å²) in [6, 6.07) is 5.38. The highest BCUT2D eigenvalue weighted by atomic mass is 19.1. The van der Waals surface area contributed by atoms with Crippen molar-refractivity contribution in [2.75, 3.05) is 7.11 Å². The van der Waals surface area contributed by atoms with E-state index < -0.39 is 17.4 Å². The Morgan fingerprint density at radius 2 is 2.05 bits per heavy atom. The van der Waals surface area contributed by atoms with Crippen molar-refractivity contribution in [3.05, 3.63) is 47.5 Å². The molecule has 0 spiro atoms. The zero-order chi connectivity index (χ0) is 14.7. The minimum absolute atomic E-state index is 0.0533. The molecule has 0 saturated carbocycles. The van der Waals surface area contributed by atoms with Gasteiger partial charge in [0.2, 0.25) is 0 Å². The summed E-state index contributed by atoms with van der Waals surface area (Å²) in [6.07, 6.45) is 1.27. The summed E-state index contributed by atoms with van der Waals surface area (Å²) >= 11 is 0. The topological polar surface area (TPSA) is 61.2 Å². The predicted octanol–water partition coefficient (Wildman–Crippen LogP) is 2.02. The van der Waals surface area contributed by atoms with E-state index in [1.54, 1.807) is 13.2 Å². The summed E-state index contributed by atoms with van der Waals surface area (Å²) < 4.78 is 19.7. The zero-order valence-corrected chi connectivity index (χ0v) is 11.1. The van der Waals surface area contributed by atoms with Crippen molar-refractivity contribution in [2.45, 2.75) is 6.42 Å². The summed E-state index contributed by atoms with van der Waals surface area (Å²) in [5.41, 5.74) is 0.349. The Balaban J connectivity index is 2.12. The molecule has 0 saturated heterocycles. The molecule has 6 heteroatoms. The van der Waals surface area contributed by atoms with Crippen molar-refractivity contribution in [2.24, 2.45) is 7.05 Å². The van der Waals surface area contributed by atoms with Crippen molar-refractivity contribution >= 4 is 11.6 Å². The lowest BCUT2D eigenvalue weighted by Gasteiger charge is -2.04. The van der Waals surface area contributed by atoms with Gasteiger partial charge in [-0.25, -0.2) is 4.39 Å². The van der Waals surface area contributed by atoms with Crippen LogP contribution in [0.5, 0.6) is 5.75 Å². The number of aromatic nitrogens is 2. The van der Waals surface area contributed by atoms with Crippen molar-refractivity contribution < 1.29 is 18.7 Å². The normalized spacial score (nSPS) is 10.3. The minimum Gasteiger partial charge on any atom is -0.494 e. The van der Waals surface area contributed by atoms with Gasteiger partial charge < -0.3 is 4.74 Å². The van der Waals surface area contributed by atoms with E-state index in [1.807, 2.05) is 0 Å². The smallest absolute Gasteiger partial charge is 0.190 e. The van der Waals surface area contributed by atoms with Crippen molar-refractivity contribution in [3.8, 4) is 5.75 Å². The van der Waals surface area contributed by atoms with Gasteiger partial charge in [-0.3, -0.25) is 14.3 Å². The van der Waals surface area contributed by atoms with Crippen LogP contribution in [0.25, 0.3) is 0 Å². The van der Waals surface area contributed by atoms with Gasteiger partial charge in [0.15, 0.2) is 23.1 Å². The van der Waals surface area contributed by atoms with Gasteiger partial charge in [0.1, 0.15) is 5.69 Å². The van der Waals surface area contributed by atoms with E-state index in [2.05, 4.69) is 5.10 Å². The first-order valence-electron chi connectivity index (χ1n) is 5.91. The largest absolute Gasteiger partial charge is 0.494 e. The molecule has 0 bridgehead atoms. The maximum atomic E-state index is 13.5. The van der Waals surface area contributed by atoms with Crippen LogP contribution in [0.2, 0.25) is 0 Å². The molecule has 0 N–H and O–H groups in total. The molecule has 2 rings (SSSR count). The molecule has 1 heterocycles. The number of methoxy groups -OCH3 is 1. The van der Waals surface area contributed by atoms with Crippen LogP contribution in [0.15, 0.2) is 30.5 Å². The van der Waals surface area contributed by atoms with Crippen LogP contribution in [0, 0.1) is 5.82 Å². The lowest BCUT2D eigenvalue weighted by Crippen LogP contribution is -2.10. The number of carbonyl (C=O) groups is 2. The van der Waals surface area contributed by atoms with Gasteiger partial charge in [-0.1, -0.05) is 0 Å². The van der Waals surface area contributed by atoms with Gasteiger partial charge in [0.05, 0.1) is 13.5 Å². The second-order valence-corrected chi connectivity index (χ2v) is 4.25. The molecule has 104 valence electrons. The maximum absolute atomic E-state index is 13.5. The number of benzene rings is 1. The lowest BCUT2D eigenvalue weighted by molar-refractivity contribution is 0.0890. The molecule has 0 atom stereocenters. The predicted molar refractivity (Wildman–Crippen MR) is 69.4 cm³/mol. The number of halogens is 1. The van der Waals surface area contributed by atoms with E-state index in [-0.39, 0.29) is 23.4 Å². The number of rotatable bonds is 5. The van der Waals surface area contributed by atoms with Crippen LogP contribution < -0.4 is 4.74 Å². The Bertz CT molecular complexity index is 664. The molecule has 0 unspecified atom stereocenters. The molecule has 1 aromatic heterocycles. The molecule has 5 nitrogen and oxygen atoms in total. The number of ketones is 2. The summed E-state index contributed by atoms with van der Waals surface area (Å²) in [6.45, 7) is 0. The van der Waals surface area contributed by atoms with Crippen molar-refractivity contribution in [3.63, 3.8) is 0 Å². The number of Topliss-reactive ketones (excluding diaryl/α,β-unsaturated/α-hetero) is 2. The van der Waals surface area contributed by atoms with E-state index in [9.17, 15) is 14.0 Å². The average molecular weight is 276 g/mol. The van der Waals surface area contributed by atoms with Crippen LogP contribution in [-0.4, -0.2) is 28.5 Å². The van der Waals surface area contributed by atoms with Gasteiger partial charge >= 0.3 is 0 Å². The standard InChI is InChI=1S/C14H13FN2O3/c1-17-6-5-11(16-17)13(19)8-12(18)9-3-4-14(20-2)10(15)7-9/h3-7H,8H2,1-2H3. The molecule has 0 aliphatic carbocycles. The van der Waals surface area contributed by atoms with Crippen molar-refractivity contribution in [1.82, 2.24) is 9.78 Å². The number of carbonyl (C=O) groups excluding carboxylic acids is 2. The third kappa shape index (κ3) is 2.90. The Morgan fingerprint density at radius 3 is 2.60 bits per heavy atom. The van der Waals surface area contributed by atoms with E-state index in [1.165, 1.54) is 30.0 Å². The van der Waals surface area contributed by atoms with Crippen LogP contribution >= 0.6 is 0 Å². The Morgan fingerprint density at radius 1 is 1.30 bits per heavy atom. The van der Waals surface area contributed by atoms with Crippen LogP contribution in [-0.2, 0) is 7.05 Å². The number of hydrogen-bond acceptors (Lipinski definition) is 4.